The van der Waals surface area contributed by atoms with Gasteiger partial charge in [0.05, 0.1) is 32.0 Å². The first-order chi connectivity index (χ1) is 15.0. The van der Waals surface area contributed by atoms with Crippen LogP contribution < -0.4 is 4.74 Å². The maximum atomic E-state index is 10.6. The molecule has 0 unspecified atom stereocenters. The average Bonchev–Trinajstić information content (AvgIpc) is 3.28. The van der Waals surface area contributed by atoms with Crippen molar-refractivity contribution in [2.75, 3.05) is 19.8 Å². The van der Waals surface area contributed by atoms with Gasteiger partial charge in [-0.1, -0.05) is 42.8 Å². The highest BCUT2D eigenvalue weighted by Gasteiger charge is 2.42. The molecule has 0 amide bonds. The highest BCUT2D eigenvalue weighted by molar-refractivity contribution is 6.31. The summed E-state index contributed by atoms with van der Waals surface area (Å²) < 4.78 is 17.2. The van der Waals surface area contributed by atoms with E-state index in [1.54, 1.807) is 19.1 Å². The van der Waals surface area contributed by atoms with Gasteiger partial charge in [-0.05, 0) is 41.3 Å². The molecular weight excluding hydrogens is 420 g/mol. The molecule has 6 atom stereocenters. The molecule has 0 radical (unpaired) electrons. The molecule has 31 heavy (non-hydrogen) atoms. The van der Waals surface area contributed by atoms with Crippen molar-refractivity contribution < 1.29 is 29.5 Å². The Balaban J connectivity index is 1.49. The van der Waals surface area contributed by atoms with Crippen LogP contribution in [0.4, 0.5) is 0 Å². The van der Waals surface area contributed by atoms with Crippen molar-refractivity contribution in [1.29, 1.82) is 0 Å². The lowest BCUT2D eigenvalue weighted by atomic mass is 9.85. The fourth-order valence-electron chi connectivity index (χ4n) is 4.20. The third kappa shape index (κ3) is 5.06. The number of halogens is 1. The van der Waals surface area contributed by atoms with Gasteiger partial charge in [0.1, 0.15) is 24.1 Å². The van der Waals surface area contributed by atoms with Crippen LogP contribution in [0.3, 0.4) is 0 Å². The molecule has 2 aliphatic rings. The predicted molar refractivity (Wildman–Crippen MR) is 116 cm³/mol. The van der Waals surface area contributed by atoms with Gasteiger partial charge < -0.3 is 29.5 Å². The molecule has 0 aromatic heterocycles. The number of hydrogen-bond donors (Lipinski definition) is 3. The number of ether oxygens (including phenoxy) is 3. The average molecular weight is 449 g/mol. The topological polar surface area (TPSA) is 88.4 Å². The zero-order valence-corrected chi connectivity index (χ0v) is 18.2. The lowest BCUT2D eigenvalue weighted by molar-refractivity contribution is -0.207. The predicted octanol–water partition coefficient (Wildman–Crippen LogP) is 2.89. The Morgan fingerprint density at radius 3 is 2.55 bits per heavy atom. The standard InChI is InChI=1S/C24H29ClO6/c1-14-21(12-26)31-24(23(28)22(14)27)16-4-7-20(25)17(11-16)10-15-2-5-18(6-3-15)30-19-8-9-29-13-19/h2-7,11,14,19,21-24,26-28H,8-10,12-13H2,1H3/t14-,19+,21-,22+,23-,24+/m1/s1. The molecule has 0 saturated carbocycles. The first-order valence-electron chi connectivity index (χ1n) is 10.7. The molecule has 2 fully saturated rings. The van der Waals surface area contributed by atoms with E-state index in [1.165, 1.54) is 0 Å². The monoisotopic (exact) mass is 448 g/mol. The summed E-state index contributed by atoms with van der Waals surface area (Å²) in [5.41, 5.74) is 2.68. The fourth-order valence-corrected chi connectivity index (χ4v) is 4.38. The van der Waals surface area contributed by atoms with E-state index in [-0.39, 0.29) is 18.6 Å². The summed E-state index contributed by atoms with van der Waals surface area (Å²) in [6.07, 6.45) is -1.71. The van der Waals surface area contributed by atoms with E-state index in [0.29, 0.717) is 18.1 Å². The smallest absolute Gasteiger partial charge is 0.124 e. The zero-order valence-electron chi connectivity index (χ0n) is 17.5. The SMILES string of the molecule is C[C@H]1[C@H](O)[C@@H](O)[C@H](c2ccc(Cl)c(Cc3ccc(O[C@H]4CCOC4)cc3)c2)O[C@@H]1CO. The van der Waals surface area contributed by atoms with Crippen LogP contribution in [0.25, 0.3) is 0 Å². The second-order valence-electron chi connectivity index (χ2n) is 8.39. The Hall–Kier alpha value is -1.67. The van der Waals surface area contributed by atoms with E-state index in [0.717, 1.165) is 35.5 Å². The van der Waals surface area contributed by atoms with Gasteiger partial charge in [0.15, 0.2) is 0 Å². The lowest BCUT2D eigenvalue weighted by Gasteiger charge is -2.41. The van der Waals surface area contributed by atoms with Crippen molar-refractivity contribution in [3.8, 4) is 5.75 Å². The zero-order chi connectivity index (χ0) is 22.0. The third-order valence-electron chi connectivity index (χ3n) is 6.19. The van der Waals surface area contributed by atoms with E-state index in [1.807, 2.05) is 30.3 Å². The highest BCUT2D eigenvalue weighted by Crippen LogP contribution is 2.36. The summed E-state index contributed by atoms with van der Waals surface area (Å²) in [5.74, 6) is 0.454. The molecule has 0 aliphatic carbocycles. The molecule has 2 aromatic carbocycles. The van der Waals surface area contributed by atoms with Crippen LogP contribution in [0.2, 0.25) is 5.02 Å². The number of hydrogen-bond acceptors (Lipinski definition) is 6. The second-order valence-corrected chi connectivity index (χ2v) is 8.80. The third-order valence-corrected chi connectivity index (χ3v) is 6.56. The van der Waals surface area contributed by atoms with Crippen LogP contribution in [0, 0.1) is 5.92 Å². The number of aliphatic hydroxyl groups is 3. The van der Waals surface area contributed by atoms with E-state index in [4.69, 9.17) is 25.8 Å². The van der Waals surface area contributed by atoms with Gasteiger partial charge in [-0.3, -0.25) is 0 Å². The van der Waals surface area contributed by atoms with Gasteiger partial charge in [-0.25, -0.2) is 0 Å². The molecule has 2 aliphatic heterocycles. The normalized spacial score (nSPS) is 31.0. The van der Waals surface area contributed by atoms with E-state index >= 15 is 0 Å². The maximum Gasteiger partial charge on any atom is 0.124 e. The summed E-state index contributed by atoms with van der Waals surface area (Å²) >= 11 is 6.44. The summed E-state index contributed by atoms with van der Waals surface area (Å²) in [4.78, 5) is 0. The molecule has 2 saturated heterocycles. The molecule has 0 spiro atoms. The van der Waals surface area contributed by atoms with Crippen molar-refractivity contribution in [2.24, 2.45) is 5.92 Å². The van der Waals surface area contributed by atoms with Gasteiger partial charge in [0, 0.05) is 17.4 Å². The minimum absolute atomic E-state index is 0.111. The maximum absolute atomic E-state index is 10.6. The number of rotatable bonds is 6. The quantitative estimate of drug-likeness (QED) is 0.629. The Morgan fingerprint density at radius 2 is 1.87 bits per heavy atom. The van der Waals surface area contributed by atoms with Crippen molar-refractivity contribution in [3.05, 3.63) is 64.2 Å². The highest BCUT2D eigenvalue weighted by atomic mass is 35.5. The molecule has 4 rings (SSSR count). The molecule has 6 nitrogen and oxygen atoms in total. The molecule has 2 aromatic rings. The van der Waals surface area contributed by atoms with Crippen molar-refractivity contribution in [3.63, 3.8) is 0 Å². The van der Waals surface area contributed by atoms with Gasteiger partial charge in [-0.15, -0.1) is 0 Å². The van der Waals surface area contributed by atoms with E-state index < -0.39 is 24.4 Å². The van der Waals surface area contributed by atoms with Crippen LogP contribution in [-0.4, -0.2) is 59.6 Å². The molecule has 2 heterocycles. The minimum atomic E-state index is -1.08. The van der Waals surface area contributed by atoms with Gasteiger partial charge in [-0.2, -0.15) is 0 Å². The van der Waals surface area contributed by atoms with Crippen LogP contribution in [0.1, 0.15) is 36.1 Å². The van der Waals surface area contributed by atoms with Crippen molar-refractivity contribution in [2.45, 2.75) is 50.3 Å². The first kappa shape index (κ1) is 22.5. The van der Waals surface area contributed by atoms with Gasteiger partial charge in [0.25, 0.3) is 0 Å². The Labute approximate surface area is 187 Å². The van der Waals surface area contributed by atoms with Crippen LogP contribution >= 0.6 is 11.6 Å². The molecule has 3 N–H and O–H groups in total. The van der Waals surface area contributed by atoms with Crippen LogP contribution in [0.15, 0.2) is 42.5 Å². The van der Waals surface area contributed by atoms with Crippen LogP contribution in [0.5, 0.6) is 5.75 Å². The minimum Gasteiger partial charge on any atom is -0.488 e. The summed E-state index contributed by atoms with van der Waals surface area (Å²) in [7, 11) is 0. The van der Waals surface area contributed by atoms with Crippen molar-refractivity contribution in [1.82, 2.24) is 0 Å². The number of benzene rings is 2. The largest absolute Gasteiger partial charge is 0.488 e. The second kappa shape index (κ2) is 9.86. The fraction of sp³-hybridized carbons (Fsp3) is 0.500. The van der Waals surface area contributed by atoms with Gasteiger partial charge in [0.2, 0.25) is 0 Å². The van der Waals surface area contributed by atoms with Crippen LogP contribution in [-0.2, 0) is 15.9 Å². The summed E-state index contributed by atoms with van der Waals surface area (Å²) in [6.45, 7) is 2.91. The first-order valence-corrected chi connectivity index (χ1v) is 11.1. The molecule has 0 bridgehead atoms. The number of aliphatic hydroxyl groups excluding tert-OH is 3. The molecule has 7 heteroatoms. The van der Waals surface area contributed by atoms with Crippen molar-refractivity contribution >= 4 is 11.6 Å². The molecular formula is C24H29ClO6. The Morgan fingerprint density at radius 1 is 1.10 bits per heavy atom. The summed E-state index contributed by atoms with van der Waals surface area (Å²) in [5, 5.41) is 31.1. The Kier molecular flexibility index (Phi) is 7.16. The van der Waals surface area contributed by atoms with E-state index in [2.05, 4.69) is 0 Å². The Bertz CT molecular complexity index is 865. The molecule has 168 valence electrons. The van der Waals surface area contributed by atoms with Gasteiger partial charge >= 0.3 is 0 Å². The summed E-state index contributed by atoms with van der Waals surface area (Å²) in [6, 6.07) is 13.4. The lowest BCUT2D eigenvalue weighted by Crippen LogP contribution is -2.50. The van der Waals surface area contributed by atoms with E-state index in [9.17, 15) is 15.3 Å².